The molecular formula is C9H14O3. The SMILES string of the molecule is O=C(O)OC1CCC2CCCC21. The van der Waals surface area contributed by atoms with E-state index in [1.807, 2.05) is 0 Å². The molecule has 0 amide bonds. The molecule has 3 atom stereocenters. The average Bonchev–Trinajstić information content (AvgIpc) is 2.52. The van der Waals surface area contributed by atoms with Gasteiger partial charge in [-0.05, 0) is 31.1 Å². The summed E-state index contributed by atoms with van der Waals surface area (Å²) in [5.74, 6) is 1.30. The topological polar surface area (TPSA) is 46.5 Å². The smallest absolute Gasteiger partial charge is 0.450 e. The van der Waals surface area contributed by atoms with Gasteiger partial charge in [0.15, 0.2) is 0 Å². The van der Waals surface area contributed by atoms with Crippen molar-refractivity contribution in [3.63, 3.8) is 0 Å². The monoisotopic (exact) mass is 170 g/mol. The summed E-state index contributed by atoms with van der Waals surface area (Å²) in [6.07, 6.45) is 4.73. The molecule has 12 heavy (non-hydrogen) atoms. The zero-order valence-electron chi connectivity index (χ0n) is 7.03. The van der Waals surface area contributed by atoms with E-state index < -0.39 is 6.16 Å². The first-order chi connectivity index (χ1) is 5.77. The van der Waals surface area contributed by atoms with Crippen LogP contribution in [0.5, 0.6) is 0 Å². The molecular weight excluding hydrogens is 156 g/mol. The van der Waals surface area contributed by atoms with Gasteiger partial charge in [-0.2, -0.15) is 0 Å². The lowest BCUT2D eigenvalue weighted by Gasteiger charge is -2.16. The molecule has 2 saturated carbocycles. The van der Waals surface area contributed by atoms with Crippen molar-refractivity contribution in [1.29, 1.82) is 0 Å². The van der Waals surface area contributed by atoms with Crippen LogP contribution in [0.4, 0.5) is 4.79 Å². The van der Waals surface area contributed by atoms with E-state index in [0.29, 0.717) is 5.92 Å². The highest BCUT2D eigenvalue weighted by molar-refractivity contribution is 5.57. The van der Waals surface area contributed by atoms with Crippen LogP contribution in [0.1, 0.15) is 32.1 Å². The van der Waals surface area contributed by atoms with Crippen LogP contribution in [0.15, 0.2) is 0 Å². The van der Waals surface area contributed by atoms with Crippen molar-refractivity contribution in [2.45, 2.75) is 38.2 Å². The molecule has 0 spiro atoms. The predicted molar refractivity (Wildman–Crippen MR) is 43.0 cm³/mol. The number of carbonyl (C=O) groups is 1. The molecule has 3 heteroatoms. The van der Waals surface area contributed by atoms with Gasteiger partial charge in [-0.15, -0.1) is 0 Å². The van der Waals surface area contributed by atoms with Crippen LogP contribution in [-0.2, 0) is 4.74 Å². The molecule has 2 fully saturated rings. The molecule has 2 aliphatic carbocycles. The van der Waals surface area contributed by atoms with E-state index in [-0.39, 0.29) is 6.10 Å². The Morgan fingerprint density at radius 2 is 2.08 bits per heavy atom. The first-order valence-electron chi connectivity index (χ1n) is 4.67. The summed E-state index contributed by atoms with van der Waals surface area (Å²) < 4.78 is 4.84. The van der Waals surface area contributed by atoms with Gasteiger partial charge in [0, 0.05) is 0 Å². The normalized spacial score (nSPS) is 39.5. The Balaban J connectivity index is 1.95. The standard InChI is InChI=1S/C9H14O3/c10-9(11)12-8-5-4-6-2-1-3-7(6)8/h6-8H,1-5H2,(H,10,11). The molecule has 2 aliphatic rings. The molecule has 0 bridgehead atoms. The number of hydrogen-bond acceptors (Lipinski definition) is 2. The Kier molecular flexibility index (Phi) is 1.95. The Labute approximate surface area is 71.7 Å². The Bertz CT molecular complexity index is 190. The van der Waals surface area contributed by atoms with E-state index in [4.69, 9.17) is 9.84 Å². The number of fused-ring (bicyclic) bond motifs is 1. The Hall–Kier alpha value is -0.730. The zero-order chi connectivity index (χ0) is 8.55. The summed E-state index contributed by atoms with van der Waals surface area (Å²) in [5.41, 5.74) is 0. The molecule has 0 aliphatic heterocycles. The maximum Gasteiger partial charge on any atom is 0.506 e. The molecule has 0 radical (unpaired) electrons. The molecule has 0 aromatic rings. The van der Waals surface area contributed by atoms with Crippen molar-refractivity contribution in [3.05, 3.63) is 0 Å². The lowest BCUT2D eigenvalue weighted by atomic mass is 9.99. The summed E-state index contributed by atoms with van der Waals surface area (Å²) in [4.78, 5) is 10.3. The first-order valence-corrected chi connectivity index (χ1v) is 4.67. The summed E-state index contributed by atoms with van der Waals surface area (Å²) in [7, 11) is 0. The van der Waals surface area contributed by atoms with Gasteiger partial charge in [0.25, 0.3) is 0 Å². The molecule has 0 heterocycles. The third-order valence-corrected chi connectivity index (χ3v) is 3.27. The largest absolute Gasteiger partial charge is 0.506 e. The van der Waals surface area contributed by atoms with Crippen molar-refractivity contribution in [1.82, 2.24) is 0 Å². The maximum atomic E-state index is 10.3. The second kappa shape index (κ2) is 2.96. The van der Waals surface area contributed by atoms with Crippen LogP contribution >= 0.6 is 0 Å². The van der Waals surface area contributed by atoms with Crippen molar-refractivity contribution < 1.29 is 14.6 Å². The van der Waals surface area contributed by atoms with E-state index >= 15 is 0 Å². The third-order valence-electron chi connectivity index (χ3n) is 3.27. The van der Waals surface area contributed by atoms with Crippen molar-refractivity contribution in [3.8, 4) is 0 Å². The summed E-state index contributed by atoms with van der Waals surface area (Å²) in [5, 5.41) is 8.47. The van der Waals surface area contributed by atoms with E-state index in [9.17, 15) is 4.79 Å². The molecule has 0 aromatic heterocycles. The fraction of sp³-hybridized carbons (Fsp3) is 0.889. The van der Waals surface area contributed by atoms with Crippen molar-refractivity contribution >= 4 is 6.16 Å². The van der Waals surface area contributed by atoms with Gasteiger partial charge >= 0.3 is 6.16 Å². The van der Waals surface area contributed by atoms with Gasteiger partial charge in [0.1, 0.15) is 6.10 Å². The minimum absolute atomic E-state index is 0.00926. The minimum Gasteiger partial charge on any atom is -0.450 e. The average molecular weight is 170 g/mol. The fourth-order valence-corrected chi connectivity index (χ4v) is 2.78. The predicted octanol–water partition coefficient (Wildman–Crippen LogP) is 2.26. The fourth-order valence-electron chi connectivity index (χ4n) is 2.78. The van der Waals surface area contributed by atoms with Gasteiger partial charge in [-0.3, -0.25) is 0 Å². The quantitative estimate of drug-likeness (QED) is 0.614. The second-order valence-corrected chi connectivity index (χ2v) is 3.85. The highest BCUT2D eigenvalue weighted by Crippen LogP contribution is 2.45. The van der Waals surface area contributed by atoms with E-state index in [2.05, 4.69) is 0 Å². The lowest BCUT2D eigenvalue weighted by molar-refractivity contribution is 0.0332. The van der Waals surface area contributed by atoms with Crippen molar-refractivity contribution in [2.75, 3.05) is 0 Å². The second-order valence-electron chi connectivity index (χ2n) is 3.85. The minimum atomic E-state index is -1.10. The Morgan fingerprint density at radius 3 is 2.83 bits per heavy atom. The van der Waals surface area contributed by atoms with Crippen LogP contribution < -0.4 is 0 Å². The lowest BCUT2D eigenvalue weighted by Crippen LogP contribution is -2.21. The van der Waals surface area contributed by atoms with Gasteiger partial charge in [0.2, 0.25) is 0 Å². The molecule has 0 saturated heterocycles. The van der Waals surface area contributed by atoms with E-state index in [0.717, 1.165) is 12.3 Å². The Morgan fingerprint density at radius 1 is 1.25 bits per heavy atom. The van der Waals surface area contributed by atoms with Crippen LogP contribution in [0.3, 0.4) is 0 Å². The highest BCUT2D eigenvalue weighted by Gasteiger charge is 2.41. The van der Waals surface area contributed by atoms with Gasteiger partial charge in [0.05, 0.1) is 0 Å². The van der Waals surface area contributed by atoms with Crippen molar-refractivity contribution in [2.24, 2.45) is 11.8 Å². The maximum absolute atomic E-state index is 10.3. The van der Waals surface area contributed by atoms with Crippen LogP contribution in [0, 0.1) is 11.8 Å². The van der Waals surface area contributed by atoms with Gasteiger partial charge in [-0.25, -0.2) is 4.79 Å². The van der Waals surface area contributed by atoms with Gasteiger partial charge < -0.3 is 9.84 Å². The summed E-state index contributed by atoms with van der Waals surface area (Å²) >= 11 is 0. The summed E-state index contributed by atoms with van der Waals surface area (Å²) in [6.45, 7) is 0. The number of ether oxygens (including phenoxy) is 1. The number of hydrogen-bond donors (Lipinski definition) is 1. The van der Waals surface area contributed by atoms with Crippen LogP contribution in [0.25, 0.3) is 0 Å². The molecule has 2 rings (SSSR count). The molecule has 68 valence electrons. The van der Waals surface area contributed by atoms with Crippen LogP contribution in [-0.4, -0.2) is 17.4 Å². The van der Waals surface area contributed by atoms with E-state index in [1.165, 1.54) is 25.7 Å². The molecule has 3 nitrogen and oxygen atoms in total. The van der Waals surface area contributed by atoms with Gasteiger partial charge in [-0.1, -0.05) is 12.8 Å². The third kappa shape index (κ3) is 1.28. The first kappa shape index (κ1) is 7.90. The number of rotatable bonds is 1. The summed E-state index contributed by atoms with van der Waals surface area (Å²) in [6, 6.07) is 0. The van der Waals surface area contributed by atoms with E-state index in [1.54, 1.807) is 0 Å². The zero-order valence-corrected chi connectivity index (χ0v) is 7.03. The molecule has 0 aromatic carbocycles. The van der Waals surface area contributed by atoms with Crippen LogP contribution in [0.2, 0.25) is 0 Å². The number of carboxylic acid groups (broad SMARTS) is 1. The molecule has 1 N–H and O–H groups in total. The molecule has 3 unspecified atom stereocenters. The highest BCUT2D eigenvalue weighted by atomic mass is 16.7.